The summed E-state index contributed by atoms with van der Waals surface area (Å²) in [6.07, 6.45) is -4.44. The van der Waals surface area contributed by atoms with Crippen LogP contribution in [0.25, 0.3) is 0 Å². The molecule has 1 rings (SSSR count). The van der Waals surface area contributed by atoms with Crippen molar-refractivity contribution in [2.75, 3.05) is 12.3 Å². The molecule has 0 aromatic carbocycles. The Kier molecular flexibility index (Phi) is 5.28. The lowest BCUT2D eigenvalue weighted by Gasteiger charge is -2.09. The normalized spacial score (nSPS) is 11.4. The maximum Gasteiger partial charge on any atom is 0.416 e. The summed E-state index contributed by atoms with van der Waals surface area (Å²) in [6, 6.07) is 1.71. The fourth-order valence-corrected chi connectivity index (χ4v) is 2.14. The number of hydrogen-bond acceptors (Lipinski definition) is 3. The number of halogens is 4. The van der Waals surface area contributed by atoms with Gasteiger partial charge in [-0.3, -0.25) is 4.79 Å². The monoisotopic (exact) mass is 298 g/mol. The number of nitrogens with zero attached hydrogens (tertiary/aromatic N) is 1. The van der Waals surface area contributed by atoms with Crippen LogP contribution in [-0.2, 0) is 11.0 Å². The molecule has 0 saturated carbocycles. The van der Waals surface area contributed by atoms with E-state index in [4.69, 9.17) is 11.6 Å². The first kappa shape index (κ1) is 15.1. The van der Waals surface area contributed by atoms with E-state index in [1.165, 1.54) is 6.92 Å². The maximum atomic E-state index is 12.5. The molecule has 18 heavy (non-hydrogen) atoms. The maximum absolute atomic E-state index is 12.5. The summed E-state index contributed by atoms with van der Waals surface area (Å²) < 4.78 is 37.5. The average molecular weight is 299 g/mol. The third-order valence-electron chi connectivity index (χ3n) is 1.82. The lowest BCUT2D eigenvalue weighted by molar-refractivity contribution is -0.137. The predicted molar refractivity (Wildman–Crippen MR) is 63.7 cm³/mol. The molecule has 0 aliphatic rings. The zero-order valence-corrected chi connectivity index (χ0v) is 10.9. The predicted octanol–water partition coefficient (Wildman–Crippen LogP) is 2.98. The summed E-state index contributed by atoms with van der Waals surface area (Å²) in [5.74, 6) is 0.232. The molecule has 0 aliphatic carbocycles. The van der Waals surface area contributed by atoms with Crippen molar-refractivity contribution >= 4 is 29.3 Å². The molecule has 0 saturated heterocycles. The quantitative estimate of drug-likeness (QED) is 0.528. The molecule has 1 N–H and O–H groups in total. The Balaban J connectivity index is 2.66. The molecule has 0 unspecified atom stereocenters. The van der Waals surface area contributed by atoms with Crippen molar-refractivity contribution in [1.82, 2.24) is 10.3 Å². The molecule has 1 aromatic heterocycles. The van der Waals surface area contributed by atoms with Gasteiger partial charge in [0.15, 0.2) is 0 Å². The zero-order valence-electron chi connectivity index (χ0n) is 9.34. The van der Waals surface area contributed by atoms with E-state index in [0.717, 1.165) is 23.9 Å². The Morgan fingerprint density at radius 1 is 1.50 bits per heavy atom. The van der Waals surface area contributed by atoms with Gasteiger partial charge < -0.3 is 5.32 Å². The fourth-order valence-electron chi connectivity index (χ4n) is 1.09. The molecule has 8 heteroatoms. The molecule has 0 radical (unpaired) electrons. The largest absolute Gasteiger partial charge is 0.416 e. The van der Waals surface area contributed by atoms with Crippen molar-refractivity contribution in [3.8, 4) is 0 Å². The van der Waals surface area contributed by atoms with Gasteiger partial charge in [-0.1, -0.05) is 11.6 Å². The molecule has 1 heterocycles. The lowest BCUT2D eigenvalue weighted by Crippen LogP contribution is -2.22. The number of amides is 1. The van der Waals surface area contributed by atoms with E-state index in [1.54, 1.807) is 0 Å². The van der Waals surface area contributed by atoms with Crippen LogP contribution in [0.15, 0.2) is 17.2 Å². The van der Waals surface area contributed by atoms with Gasteiger partial charge in [-0.2, -0.15) is 13.2 Å². The van der Waals surface area contributed by atoms with E-state index < -0.39 is 11.7 Å². The van der Waals surface area contributed by atoms with Gasteiger partial charge in [0.1, 0.15) is 5.15 Å². The highest BCUT2D eigenvalue weighted by atomic mass is 35.5. The minimum absolute atomic E-state index is 0.181. The first-order valence-electron chi connectivity index (χ1n) is 4.91. The fraction of sp³-hybridized carbons (Fsp3) is 0.400. The van der Waals surface area contributed by atoms with E-state index in [9.17, 15) is 18.0 Å². The summed E-state index contributed by atoms with van der Waals surface area (Å²) in [7, 11) is 0. The van der Waals surface area contributed by atoms with E-state index in [2.05, 4.69) is 10.3 Å². The van der Waals surface area contributed by atoms with Crippen molar-refractivity contribution in [2.45, 2.75) is 18.1 Å². The molecule has 0 spiro atoms. The van der Waals surface area contributed by atoms with Crippen LogP contribution in [0.3, 0.4) is 0 Å². The molecule has 0 bridgehead atoms. The highest BCUT2D eigenvalue weighted by Crippen LogP contribution is 2.32. The lowest BCUT2D eigenvalue weighted by atomic mass is 10.3. The minimum Gasteiger partial charge on any atom is -0.356 e. The van der Waals surface area contributed by atoms with Gasteiger partial charge in [-0.15, -0.1) is 11.8 Å². The molecule has 100 valence electrons. The molecule has 0 fully saturated rings. The molecule has 0 atom stereocenters. The van der Waals surface area contributed by atoms with Gasteiger partial charge in [-0.05, 0) is 12.1 Å². The van der Waals surface area contributed by atoms with Gasteiger partial charge in [0.25, 0.3) is 0 Å². The topological polar surface area (TPSA) is 42.0 Å². The minimum atomic E-state index is -4.44. The number of aromatic nitrogens is 1. The number of thioether (sulfide) groups is 1. The third-order valence-corrected chi connectivity index (χ3v) is 2.93. The van der Waals surface area contributed by atoms with Crippen molar-refractivity contribution in [3.05, 3.63) is 22.8 Å². The number of pyridine rings is 1. The van der Waals surface area contributed by atoms with Gasteiger partial charge in [0, 0.05) is 19.2 Å². The van der Waals surface area contributed by atoms with Gasteiger partial charge in [-0.25, -0.2) is 4.98 Å². The van der Waals surface area contributed by atoms with Crippen LogP contribution in [0.1, 0.15) is 12.5 Å². The first-order chi connectivity index (χ1) is 8.29. The molecular formula is C10H10ClF3N2OS. The summed E-state index contributed by atoms with van der Waals surface area (Å²) in [5, 5.41) is 2.51. The average Bonchev–Trinajstić information content (AvgIpc) is 2.22. The van der Waals surface area contributed by atoms with Gasteiger partial charge in [0.2, 0.25) is 5.91 Å². The van der Waals surface area contributed by atoms with Gasteiger partial charge >= 0.3 is 6.18 Å². The summed E-state index contributed by atoms with van der Waals surface area (Å²) >= 11 is 6.62. The Labute approximate surface area is 111 Å². The summed E-state index contributed by atoms with van der Waals surface area (Å²) in [4.78, 5) is 14.4. The van der Waals surface area contributed by atoms with E-state index in [1.807, 2.05) is 0 Å². The number of carbonyl (C=O) groups is 1. The van der Waals surface area contributed by atoms with Gasteiger partial charge in [0.05, 0.1) is 10.6 Å². The second-order valence-electron chi connectivity index (χ2n) is 3.35. The number of rotatable bonds is 4. The van der Waals surface area contributed by atoms with E-state index in [-0.39, 0.29) is 16.1 Å². The van der Waals surface area contributed by atoms with E-state index in [0.29, 0.717) is 12.3 Å². The SMILES string of the molecule is CC(=O)NCCSc1cc(C(F)(F)F)cc(Cl)n1. The first-order valence-corrected chi connectivity index (χ1v) is 6.27. The van der Waals surface area contributed by atoms with Crippen molar-refractivity contribution < 1.29 is 18.0 Å². The number of hydrogen-bond donors (Lipinski definition) is 1. The van der Waals surface area contributed by atoms with Crippen molar-refractivity contribution in [1.29, 1.82) is 0 Å². The third kappa shape index (κ3) is 5.14. The number of carbonyl (C=O) groups excluding carboxylic acids is 1. The number of alkyl halides is 3. The van der Waals surface area contributed by atoms with Crippen LogP contribution >= 0.6 is 23.4 Å². The summed E-state index contributed by atoms with van der Waals surface area (Å²) in [6.45, 7) is 1.72. The van der Waals surface area contributed by atoms with E-state index >= 15 is 0 Å². The van der Waals surface area contributed by atoms with Crippen molar-refractivity contribution in [3.63, 3.8) is 0 Å². The highest BCUT2D eigenvalue weighted by molar-refractivity contribution is 7.99. The highest BCUT2D eigenvalue weighted by Gasteiger charge is 2.31. The Hall–Kier alpha value is -0.950. The molecule has 1 amide bonds. The van der Waals surface area contributed by atoms with Crippen LogP contribution in [0.2, 0.25) is 5.15 Å². The standard InChI is InChI=1S/C10H10ClF3N2OS/c1-6(17)15-2-3-18-9-5-7(10(12,13)14)4-8(11)16-9/h4-5H,2-3H2,1H3,(H,15,17). The van der Waals surface area contributed by atoms with Crippen molar-refractivity contribution in [2.24, 2.45) is 0 Å². The Bertz CT molecular complexity index is 440. The van der Waals surface area contributed by atoms with Crippen LogP contribution < -0.4 is 5.32 Å². The van der Waals surface area contributed by atoms with Crippen LogP contribution in [-0.4, -0.2) is 23.2 Å². The number of nitrogens with one attached hydrogen (secondary N) is 1. The van der Waals surface area contributed by atoms with Crippen LogP contribution in [0.4, 0.5) is 13.2 Å². The molecule has 1 aromatic rings. The molecular weight excluding hydrogens is 289 g/mol. The van der Waals surface area contributed by atoms with Crippen LogP contribution in [0.5, 0.6) is 0 Å². The zero-order chi connectivity index (χ0) is 13.8. The second-order valence-corrected chi connectivity index (χ2v) is 4.85. The smallest absolute Gasteiger partial charge is 0.356 e. The Morgan fingerprint density at radius 2 is 2.17 bits per heavy atom. The summed E-state index contributed by atoms with van der Waals surface area (Å²) in [5.41, 5.74) is -0.829. The second kappa shape index (κ2) is 6.29. The van der Waals surface area contributed by atoms with Crippen LogP contribution in [0, 0.1) is 0 Å². The molecule has 0 aliphatic heterocycles. The Morgan fingerprint density at radius 3 is 2.72 bits per heavy atom. The molecule has 3 nitrogen and oxygen atoms in total.